The van der Waals surface area contributed by atoms with Crippen molar-refractivity contribution in [2.45, 2.75) is 44.8 Å². The zero-order valence-corrected chi connectivity index (χ0v) is 17.8. The molecule has 2 aliphatic rings. The Morgan fingerprint density at radius 3 is 2.65 bits per heavy atom. The van der Waals surface area contributed by atoms with Crippen LogP contribution < -0.4 is 0 Å². The van der Waals surface area contributed by atoms with E-state index in [0.29, 0.717) is 29.4 Å². The number of aromatic hydroxyl groups is 1. The van der Waals surface area contributed by atoms with Gasteiger partial charge in [0.2, 0.25) is 0 Å². The fraction of sp³-hybridized carbons (Fsp3) is 0.360. The molecule has 0 aliphatic carbocycles. The molecule has 0 spiro atoms. The first kappa shape index (κ1) is 19.8. The molecule has 0 bridgehead atoms. The summed E-state index contributed by atoms with van der Waals surface area (Å²) >= 11 is 0. The van der Waals surface area contributed by atoms with E-state index in [1.54, 1.807) is 12.1 Å². The summed E-state index contributed by atoms with van der Waals surface area (Å²) in [5.74, 6) is 0.511. The first-order valence-electron chi connectivity index (χ1n) is 10.9. The van der Waals surface area contributed by atoms with Gasteiger partial charge in [0.25, 0.3) is 5.91 Å². The molecule has 31 heavy (non-hydrogen) atoms. The summed E-state index contributed by atoms with van der Waals surface area (Å²) in [6, 6.07) is 15.3. The van der Waals surface area contributed by atoms with Crippen molar-refractivity contribution >= 4 is 5.91 Å². The van der Waals surface area contributed by atoms with Gasteiger partial charge in [-0.1, -0.05) is 50.2 Å². The number of carbonyl (C=O) groups excluding carboxylic acids is 1. The van der Waals surface area contributed by atoms with Crippen LogP contribution in [0.3, 0.4) is 0 Å². The van der Waals surface area contributed by atoms with Crippen LogP contribution in [0.1, 0.15) is 65.8 Å². The molecule has 3 aromatic rings. The van der Waals surface area contributed by atoms with E-state index >= 15 is 0 Å². The summed E-state index contributed by atoms with van der Waals surface area (Å²) in [5, 5.41) is 17.9. The van der Waals surface area contributed by atoms with Crippen molar-refractivity contribution in [3.05, 3.63) is 70.9 Å². The highest BCUT2D eigenvalue weighted by Gasteiger charge is 2.43. The molecule has 2 atom stereocenters. The van der Waals surface area contributed by atoms with Crippen molar-refractivity contribution in [3.8, 4) is 17.0 Å². The predicted molar refractivity (Wildman–Crippen MR) is 118 cm³/mol. The third kappa shape index (κ3) is 3.41. The molecule has 5 rings (SSSR count). The van der Waals surface area contributed by atoms with E-state index in [1.807, 2.05) is 17.0 Å². The van der Waals surface area contributed by atoms with Gasteiger partial charge in [-0.3, -0.25) is 9.89 Å². The highest BCUT2D eigenvalue weighted by atomic mass is 16.5. The molecule has 0 saturated carbocycles. The summed E-state index contributed by atoms with van der Waals surface area (Å²) in [6.07, 6.45) is 2.03. The Morgan fingerprint density at radius 2 is 1.97 bits per heavy atom. The molecule has 1 amide bonds. The van der Waals surface area contributed by atoms with E-state index in [0.717, 1.165) is 30.6 Å². The van der Waals surface area contributed by atoms with E-state index in [2.05, 4.69) is 48.3 Å². The van der Waals surface area contributed by atoms with Gasteiger partial charge in [-0.05, 0) is 42.0 Å². The molecule has 2 N–H and O–H groups in total. The maximum absolute atomic E-state index is 13.4. The van der Waals surface area contributed by atoms with Crippen LogP contribution >= 0.6 is 0 Å². The van der Waals surface area contributed by atoms with Gasteiger partial charge in [0, 0.05) is 24.3 Å². The monoisotopic (exact) mass is 417 g/mol. The Balaban J connectivity index is 1.62. The first-order chi connectivity index (χ1) is 15.0. The van der Waals surface area contributed by atoms with Crippen molar-refractivity contribution < 1.29 is 14.6 Å². The Bertz CT molecular complexity index is 1100. The summed E-state index contributed by atoms with van der Waals surface area (Å²) in [7, 11) is 0. The Labute approximate surface area is 181 Å². The lowest BCUT2D eigenvalue weighted by molar-refractivity contribution is 0.0495. The van der Waals surface area contributed by atoms with Crippen LogP contribution in [0, 0.1) is 0 Å². The minimum Gasteiger partial charge on any atom is -0.507 e. The second-order valence-corrected chi connectivity index (χ2v) is 8.69. The number of para-hydroxylation sites is 1. The van der Waals surface area contributed by atoms with Crippen molar-refractivity contribution in [3.63, 3.8) is 0 Å². The molecular weight excluding hydrogens is 390 g/mol. The Morgan fingerprint density at radius 1 is 1.19 bits per heavy atom. The second-order valence-electron chi connectivity index (χ2n) is 8.69. The van der Waals surface area contributed by atoms with Gasteiger partial charge in [-0.2, -0.15) is 5.10 Å². The average molecular weight is 418 g/mol. The number of phenols is 1. The Kier molecular flexibility index (Phi) is 5.02. The first-order valence-corrected chi connectivity index (χ1v) is 10.9. The largest absolute Gasteiger partial charge is 0.507 e. The second kappa shape index (κ2) is 7.85. The molecule has 2 aliphatic heterocycles. The number of phenolic OH excluding ortho intramolecular Hbond substituents is 1. The average Bonchev–Trinajstić information content (AvgIpc) is 3.49. The van der Waals surface area contributed by atoms with Crippen molar-refractivity contribution in [2.24, 2.45) is 0 Å². The molecule has 1 saturated heterocycles. The van der Waals surface area contributed by atoms with E-state index in [4.69, 9.17) is 4.74 Å². The number of fused-ring (bicyclic) bond motifs is 1. The minimum absolute atomic E-state index is 0.0481. The van der Waals surface area contributed by atoms with Crippen LogP contribution in [-0.4, -0.2) is 45.4 Å². The molecule has 6 heteroatoms. The van der Waals surface area contributed by atoms with E-state index in [-0.39, 0.29) is 23.8 Å². The summed E-state index contributed by atoms with van der Waals surface area (Å²) in [4.78, 5) is 15.3. The predicted octanol–water partition coefficient (Wildman–Crippen LogP) is 4.63. The molecule has 0 unspecified atom stereocenters. The number of nitrogens with one attached hydrogen (secondary N) is 1. The number of hydrogen-bond donors (Lipinski definition) is 2. The normalized spacial score (nSPS) is 20.6. The maximum atomic E-state index is 13.4. The highest BCUT2D eigenvalue weighted by Crippen LogP contribution is 2.44. The zero-order valence-electron chi connectivity index (χ0n) is 17.8. The van der Waals surface area contributed by atoms with E-state index in [1.165, 1.54) is 5.56 Å². The highest BCUT2D eigenvalue weighted by molar-refractivity contribution is 6.00. The van der Waals surface area contributed by atoms with Gasteiger partial charge in [-0.15, -0.1) is 0 Å². The quantitative estimate of drug-likeness (QED) is 0.634. The molecule has 160 valence electrons. The van der Waals surface area contributed by atoms with Crippen LogP contribution in [0.2, 0.25) is 0 Å². The lowest BCUT2D eigenvalue weighted by Gasteiger charge is -2.28. The van der Waals surface area contributed by atoms with E-state index in [9.17, 15) is 9.90 Å². The summed E-state index contributed by atoms with van der Waals surface area (Å²) < 4.78 is 5.85. The van der Waals surface area contributed by atoms with Gasteiger partial charge < -0.3 is 14.7 Å². The Hall–Kier alpha value is -3.12. The van der Waals surface area contributed by atoms with Crippen LogP contribution in [0.4, 0.5) is 0 Å². The van der Waals surface area contributed by atoms with Crippen LogP contribution in [-0.2, 0) is 4.74 Å². The van der Waals surface area contributed by atoms with Gasteiger partial charge in [0.05, 0.1) is 12.1 Å². The molecule has 6 nitrogen and oxygen atoms in total. The number of aromatic nitrogens is 2. The lowest BCUT2D eigenvalue weighted by Crippen LogP contribution is -2.36. The standard InChI is InChI=1S/C25H27N3O3/c1-15(2)16-9-11-17(12-10-16)24-21-22(19-7-3-4-8-20(19)29)26-27-23(21)25(30)28(24)14-18-6-5-13-31-18/h3-4,7-12,15,18,24,29H,5-6,13-14H2,1-2H3,(H,26,27)/t18-,24-/m1/s1. The van der Waals surface area contributed by atoms with Crippen LogP contribution in [0.25, 0.3) is 11.3 Å². The third-order valence-corrected chi connectivity index (χ3v) is 6.37. The number of amides is 1. The summed E-state index contributed by atoms with van der Waals surface area (Å²) in [6.45, 7) is 5.62. The molecule has 1 fully saturated rings. The number of H-pyrrole nitrogens is 1. The van der Waals surface area contributed by atoms with Gasteiger partial charge >= 0.3 is 0 Å². The molecular formula is C25H27N3O3. The third-order valence-electron chi connectivity index (χ3n) is 6.37. The van der Waals surface area contributed by atoms with Crippen LogP contribution in [0.15, 0.2) is 48.5 Å². The SMILES string of the molecule is CC(C)c1ccc([C@@H]2c3c(-c4ccccc4O)n[nH]c3C(=O)N2C[C@H]2CCCO2)cc1. The number of rotatable bonds is 5. The fourth-order valence-electron chi connectivity index (χ4n) is 4.68. The van der Waals surface area contributed by atoms with Crippen LogP contribution in [0.5, 0.6) is 5.75 Å². The van der Waals surface area contributed by atoms with Crippen molar-refractivity contribution in [2.75, 3.05) is 13.2 Å². The van der Waals surface area contributed by atoms with Crippen molar-refractivity contribution in [1.29, 1.82) is 0 Å². The number of nitrogens with zero attached hydrogens (tertiary/aromatic N) is 2. The maximum Gasteiger partial charge on any atom is 0.273 e. The number of benzene rings is 2. The molecule has 1 aromatic heterocycles. The number of ether oxygens (including phenoxy) is 1. The lowest BCUT2D eigenvalue weighted by atomic mass is 9.93. The minimum atomic E-state index is -0.277. The molecule has 3 heterocycles. The number of aromatic amines is 1. The topological polar surface area (TPSA) is 78.5 Å². The van der Waals surface area contributed by atoms with Gasteiger partial charge in [0.1, 0.15) is 17.1 Å². The fourth-order valence-corrected chi connectivity index (χ4v) is 4.68. The van der Waals surface area contributed by atoms with Crippen molar-refractivity contribution in [1.82, 2.24) is 15.1 Å². The van der Waals surface area contributed by atoms with E-state index < -0.39 is 0 Å². The molecule has 0 radical (unpaired) electrons. The number of hydrogen-bond acceptors (Lipinski definition) is 4. The smallest absolute Gasteiger partial charge is 0.273 e. The van der Waals surface area contributed by atoms with Gasteiger partial charge in [0.15, 0.2) is 0 Å². The zero-order chi connectivity index (χ0) is 21.5. The summed E-state index contributed by atoms with van der Waals surface area (Å²) in [5.41, 5.74) is 4.85. The van der Waals surface area contributed by atoms with Gasteiger partial charge in [-0.25, -0.2) is 0 Å². The molecule has 2 aromatic carbocycles. The number of carbonyl (C=O) groups is 1.